The minimum atomic E-state index is 0.583. The van der Waals surface area contributed by atoms with Crippen LogP contribution in [0.2, 0.25) is 0 Å². The number of nitrogens with zero attached hydrogens (tertiary/aromatic N) is 3. The third-order valence-electron chi connectivity index (χ3n) is 3.65. The lowest BCUT2D eigenvalue weighted by atomic mass is 10.2. The van der Waals surface area contributed by atoms with Gasteiger partial charge in [0.15, 0.2) is 5.96 Å². The summed E-state index contributed by atoms with van der Waals surface area (Å²) in [6.45, 7) is 1.27. The molecule has 24 heavy (non-hydrogen) atoms. The van der Waals surface area contributed by atoms with Crippen LogP contribution >= 0.6 is 0 Å². The maximum Gasteiger partial charge on any atom is 0.218 e. The highest BCUT2D eigenvalue weighted by Crippen LogP contribution is 2.19. The zero-order valence-electron chi connectivity index (χ0n) is 14.6. The van der Waals surface area contributed by atoms with Gasteiger partial charge in [-0.2, -0.15) is 0 Å². The molecular formula is C18H24N4O2. The first-order chi connectivity index (χ1) is 11.7. The molecule has 6 heteroatoms. The Hall–Kier alpha value is -2.76. The summed E-state index contributed by atoms with van der Waals surface area (Å²) in [4.78, 5) is 10.6. The molecular weight excluding hydrogens is 304 g/mol. The van der Waals surface area contributed by atoms with Gasteiger partial charge in [0.1, 0.15) is 5.75 Å². The molecule has 0 radical (unpaired) electrons. The Bertz CT molecular complexity index is 688. The summed E-state index contributed by atoms with van der Waals surface area (Å²) in [5.41, 5.74) is 2.08. The molecule has 1 aromatic carbocycles. The fraction of sp³-hybridized carbons (Fsp3) is 0.333. The lowest BCUT2D eigenvalue weighted by Gasteiger charge is -2.23. The maximum atomic E-state index is 5.41. The predicted octanol–water partition coefficient (Wildman–Crippen LogP) is 2.31. The molecule has 128 valence electrons. The van der Waals surface area contributed by atoms with Crippen molar-refractivity contribution >= 4 is 5.96 Å². The van der Waals surface area contributed by atoms with Crippen molar-refractivity contribution in [1.29, 1.82) is 0 Å². The molecule has 0 saturated heterocycles. The van der Waals surface area contributed by atoms with Crippen molar-refractivity contribution in [1.82, 2.24) is 15.2 Å². The fourth-order valence-corrected chi connectivity index (χ4v) is 2.47. The summed E-state index contributed by atoms with van der Waals surface area (Å²) in [6, 6.07) is 11.8. The van der Waals surface area contributed by atoms with Crippen LogP contribution in [0.1, 0.15) is 11.1 Å². The molecule has 2 rings (SSSR count). The molecule has 0 aliphatic rings. The van der Waals surface area contributed by atoms with Gasteiger partial charge in [0.05, 0.1) is 14.2 Å². The smallest absolute Gasteiger partial charge is 0.218 e. The van der Waals surface area contributed by atoms with E-state index in [0.29, 0.717) is 19.0 Å². The number of guanidine groups is 1. The van der Waals surface area contributed by atoms with Gasteiger partial charge in [0.2, 0.25) is 5.88 Å². The largest absolute Gasteiger partial charge is 0.496 e. The van der Waals surface area contributed by atoms with E-state index < -0.39 is 0 Å². The number of ether oxygens (including phenoxy) is 2. The second kappa shape index (κ2) is 8.76. The Morgan fingerprint density at radius 2 is 1.88 bits per heavy atom. The lowest BCUT2D eigenvalue weighted by molar-refractivity contribution is 0.389. The summed E-state index contributed by atoms with van der Waals surface area (Å²) < 4.78 is 10.7. The van der Waals surface area contributed by atoms with Gasteiger partial charge in [-0.15, -0.1) is 0 Å². The normalized spacial score (nSPS) is 11.1. The summed E-state index contributed by atoms with van der Waals surface area (Å²) in [5, 5.41) is 3.33. The number of aliphatic imine (C=N–C) groups is 1. The van der Waals surface area contributed by atoms with Gasteiger partial charge in [0.25, 0.3) is 0 Å². The number of methoxy groups -OCH3 is 2. The molecule has 0 unspecified atom stereocenters. The molecule has 0 amide bonds. The van der Waals surface area contributed by atoms with Gasteiger partial charge in [0, 0.05) is 44.5 Å². The van der Waals surface area contributed by atoms with Gasteiger partial charge in [-0.05, 0) is 12.1 Å². The zero-order valence-corrected chi connectivity index (χ0v) is 14.6. The topological polar surface area (TPSA) is 59.0 Å². The van der Waals surface area contributed by atoms with Gasteiger partial charge in [-0.3, -0.25) is 4.99 Å². The first-order valence-corrected chi connectivity index (χ1v) is 7.71. The number of nitrogens with one attached hydrogen (secondary N) is 1. The molecule has 0 fully saturated rings. The molecule has 2 aromatic rings. The van der Waals surface area contributed by atoms with E-state index in [-0.39, 0.29) is 0 Å². The third-order valence-corrected chi connectivity index (χ3v) is 3.65. The summed E-state index contributed by atoms with van der Waals surface area (Å²) >= 11 is 0. The SMILES string of the molecule is CN=C(NCc1cccnc1OC)N(C)Cc1ccccc1OC. The number of aromatic nitrogens is 1. The van der Waals surface area contributed by atoms with E-state index in [1.54, 1.807) is 27.5 Å². The van der Waals surface area contributed by atoms with E-state index in [1.807, 2.05) is 48.3 Å². The van der Waals surface area contributed by atoms with Crippen LogP contribution in [0.3, 0.4) is 0 Å². The van der Waals surface area contributed by atoms with Crippen LogP contribution in [-0.4, -0.2) is 44.2 Å². The Morgan fingerprint density at radius 1 is 1.12 bits per heavy atom. The summed E-state index contributed by atoms with van der Waals surface area (Å²) in [7, 11) is 7.05. The van der Waals surface area contributed by atoms with Crippen LogP contribution in [-0.2, 0) is 13.1 Å². The van der Waals surface area contributed by atoms with Crippen molar-refractivity contribution < 1.29 is 9.47 Å². The van der Waals surface area contributed by atoms with Gasteiger partial charge < -0.3 is 19.7 Å². The summed E-state index contributed by atoms with van der Waals surface area (Å²) in [5.74, 6) is 2.27. The highest BCUT2D eigenvalue weighted by Gasteiger charge is 2.11. The first kappa shape index (κ1) is 17.6. The number of pyridine rings is 1. The molecule has 0 atom stereocenters. The van der Waals surface area contributed by atoms with E-state index in [4.69, 9.17) is 9.47 Å². The number of hydrogen-bond donors (Lipinski definition) is 1. The van der Waals surface area contributed by atoms with E-state index in [1.165, 1.54) is 0 Å². The molecule has 0 bridgehead atoms. The maximum absolute atomic E-state index is 5.41. The minimum Gasteiger partial charge on any atom is -0.496 e. The van der Waals surface area contributed by atoms with Gasteiger partial charge in [-0.25, -0.2) is 4.98 Å². The Labute approximate surface area is 143 Å². The molecule has 0 aliphatic carbocycles. The molecule has 1 aromatic heterocycles. The van der Waals surface area contributed by atoms with E-state index in [2.05, 4.69) is 15.3 Å². The standard InChI is InChI=1S/C18H24N4O2/c1-19-18(21-12-14-9-7-11-20-17(14)24-4)22(2)13-15-8-5-6-10-16(15)23-3/h5-11H,12-13H2,1-4H3,(H,19,21). The van der Waals surface area contributed by atoms with Crippen molar-refractivity contribution in [2.75, 3.05) is 28.3 Å². The molecule has 1 heterocycles. The number of benzene rings is 1. The fourth-order valence-electron chi connectivity index (χ4n) is 2.47. The molecule has 0 aliphatic heterocycles. The second-order valence-electron chi connectivity index (χ2n) is 5.24. The average molecular weight is 328 g/mol. The van der Waals surface area contributed by atoms with E-state index in [0.717, 1.165) is 22.8 Å². The zero-order chi connectivity index (χ0) is 17.4. The average Bonchev–Trinajstić information content (AvgIpc) is 2.63. The Balaban J connectivity index is 2.03. The van der Waals surface area contributed by atoms with Crippen LogP contribution in [0.5, 0.6) is 11.6 Å². The van der Waals surface area contributed by atoms with Crippen molar-refractivity contribution in [3.8, 4) is 11.6 Å². The van der Waals surface area contributed by atoms with Crippen molar-refractivity contribution in [2.24, 2.45) is 4.99 Å². The van der Waals surface area contributed by atoms with E-state index >= 15 is 0 Å². The van der Waals surface area contributed by atoms with Crippen molar-refractivity contribution in [3.05, 3.63) is 53.7 Å². The Kier molecular flexibility index (Phi) is 6.42. The quantitative estimate of drug-likeness (QED) is 0.651. The van der Waals surface area contributed by atoms with Crippen LogP contribution in [0.4, 0.5) is 0 Å². The van der Waals surface area contributed by atoms with Crippen LogP contribution in [0.25, 0.3) is 0 Å². The molecule has 1 N–H and O–H groups in total. The molecule has 6 nitrogen and oxygen atoms in total. The third kappa shape index (κ3) is 4.38. The van der Waals surface area contributed by atoms with Crippen LogP contribution < -0.4 is 14.8 Å². The van der Waals surface area contributed by atoms with Gasteiger partial charge >= 0.3 is 0 Å². The molecule has 0 saturated carbocycles. The number of rotatable bonds is 6. The molecule has 0 spiro atoms. The van der Waals surface area contributed by atoms with Crippen LogP contribution in [0.15, 0.2) is 47.6 Å². The predicted molar refractivity (Wildman–Crippen MR) is 95.4 cm³/mol. The minimum absolute atomic E-state index is 0.583. The van der Waals surface area contributed by atoms with Crippen molar-refractivity contribution in [3.63, 3.8) is 0 Å². The summed E-state index contributed by atoms with van der Waals surface area (Å²) in [6.07, 6.45) is 1.71. The highest BCUT2D eigenvalue weighted by atomic mass is 16.5. The van der Waals surface area contributed by atoms with E-state index in [9.17, 15) is 0 Å². The highest BCUT2D eigenvalue weighted by molar-refractivity contribution is 5.79. The first-order valence-electron chi connectivity index (χ1n) is 7.71. The second-order valence-corrected chi connectivity index (χ2v) is 5.24. The number of para-hydroxylation sites is 1. The van der Waals surface area contributed by atoms with Crippen LogP contribution in [0, 0.1) is 0 Å². The monoisotopic (exact) mass is 328 g/mol. The van der Waals surface area contributed by atoms with Gasteiger partial charge in [-0.1, -0.05) is 24.3 Å². The number of hydrogen-bond acceptors (Lipinski definition) is 4. The lowest BCUT2D eigenvalue weighted by Crippen LogP contribution is -2.38. The Morgan fingerprint density at radius 3 is 2.58 bits per heavy atom. The van der Waals surface area contributed by atoms with Crippen molar-refractivity contribution in [2.45, 2.75) is 13.1 Å².